The Kier molecular flexibility index (Phi) is 7.75. The van der Waals surface area contributed by atoms with E-state index in [0.29, 0.717) is 44.3 Å². The van der Waals surface area contributed by atoms with Crippen LogP contribution in [0.1, 0.15) is 0 Å². The second kappa shape index (κ2) is 10.5. The SMILES string of the molecule is CNc1nc(N)nc(Cl)n1.Clc1nc(N2CCOCC2)nc(N2CCOCC2)n1. The number of morpholine rings is 2. The van der Waals surface area contributed by atoms with E-state index in [2.05, 4.69) is 45.0 Å². The van der Waals surface area contributed by atoms with Crippen LogP contribution in [-0.4, -0.2) is 89.6 Å². The first-order valence-corrected chi connectivity index (χ1v) is 9.72. The lowest BCUT2D eigenvalue weighted by molar-refractivity contribution is 0.121. The van der Waals surface area contributed by atoms with E-state index in [0.717, 1.165) is 26.2 Å². The predicted molar refractivity (Wildman–Crippen MR) is 110 cm³/mol. The van der Waals surface area contributed by atoms with Crippen LogP contribution in [0.4, 0.5) is 23.8 Å². The van der Waals surface area contributed by atoms with Gasteiger partial charge in [-0.2, -0.15) is 29.9 Å². The van der Waals surface area contributed by atoms with Gasteiger partial charge in [-0.05, 0) is 23.2 Å². The van der Waals surface area contributed by atoms with E-state index < -0.39 is 0 Å². The normalized spacial score (nSPS) is 16.8. The minimum atomic E-state index is 0.0943. The van der Waals surface area contributed by atoms with Gasteiger partial charge in [-0.25, -0.2) is 0 Å². The zero-order valence-electron chi connectivity index (χ0n) is 15.9. The molecule has 14 heteroatoms. The van der Waals surface area contributed by atoms with Gasteiger partial charge in [0.25, 0.3) is 0 Å². The van der Waals surface area contributed by atoms with Gasteiger partial charge in [-0.3, -0.25) is 0 Å². The van der Waals surface area contributed by atoms with Gasteiger partial charge in [0, 0.05) is 33.2 Å². The van der Waals surface area contributed by atoms with Crippen molar-refractivity contribution in [2.24, 2.45) is 0 Å². The Morgan fingerprint density at radius 2 is 1.24 bits per heavy atom. The molecule has 158 valence electrons. The molecule has 2 aliphatic heterocycles. The smallest absolute Gasteiger partial charge is 0.231 e. The maximum atomic E-state index is 6.01. The summed E-state index contributed by atoms with van der Waals surface area (Å²) in [6.07, 6.45) is 0. The van der Waals surface area contributed by atoms with Gasteiger partial charge < -0.3 is 30.3 Å². The summed E-state index contributed by atoms with van der Waals surface area (Å²) < 4.78 is 10.7. The molecule has 4 heterocycles. The fraction of sp³-hybridized carbons (Fsp3) is 0.600. The third kappa shape index (κ3) is 6.35. The maximum Gasteiger partial charge on any atom is 0.231 e. The summed E-state index contributed by atoms with van der Waals surface area (Å²) in [4.78, 5) is 28.1. The van der Waals surface area contributed by atoms with Crippen molar-refractivity contribution in [1.82, 2.24) is 29.9 Å². The molecular formula is C15H22Cl2N10O2. The van der Waals surface area contributed by atoms with E-state index in [4.69, 9.17) is 38.4 Å². The summed E-state index contributed by atoms with van der Waals surface area (Å²) in [5.74, 6) is 1.75. The third-order valence-corrected chi connectivity index (χ3v) is 4.36. The average Bonchev–Trinajstić information content (AvgIpc) is 2.74. The van der Waals surface area contributed by atoms with E-state index in [1.807, 2.05) is 0 Å². The van der Waals surface area contributed by atoms with Crippen LogP contribution in [0, 0.1) is 0 Å². The lowest BCUT2D eigenvalue weighted by atomic mass is 10.4. The van der Waals surface area contributed by atoms with Crippen LogP contribution in [0.25, 0.3) is 0 Å². The fourth-order valence-corrected chi connectivity index (χ4v) is 2.93. The van der Waals surface area contributed by atoms with E-state index >= 15 is 0 Å². The van der Waals surface area contributed by atoms with Gasteiger partial charge in [0.2, 0.25) is 34.4 Å². The number of nitrogen functional groups attached to an aromatic ring is 1. The van der Waals surface area contributed by atoms with Gasteiger partial charge in [0.05, 0.1) is 26.4 Å². The molecular weight excluding hydrogens is 423 g/mol. The van der Waals surface area contributed by atoms with Gasteiger partial charge >= 0.3 is 0 Å². The van der Waals surface area contributed by atoms with Gasteiger partial charge in [0.1, 0.15) is 0 Å². The Bertz CT molecular complexity index is 746. The highest BCUT2D eigenvalue weighted by molar-refractivity contribution is 6.28. The van der Waals surface area contributed by atoms with Gasteiger partial charge in [-0.1, -0.05) is 0 Å². The summed E-state index contributed by atoms with van der Waals surface area (Å²) in [7, 11) is 1.67. The number of aromatic nitrogens is 6. The van der Waals surface area contributed by atoms with E-state index in [1.54, 1.807) is 7.05 Å². The number of nitrogens with zero attached hydrogens (tertiary/aromatic N) is 8. The Labute approximate surface area is 177 Å². The summed E-state index contributed by atoms with van der Waals surface area (Å²) in [5, 5.41) is 3.01. The zero-order valence-corrected chi connectivity index (χ0v) is 17.4. The van der Waals surface area contributed by atoms with Gasteiger partial charge in [0.15, 0.2) is 0 Å². The average molecular weight is 445 g/mol. The van der Waals surface area contributed by atoms with Crippen LogP contribution in [0.2, 0.25) is 10.6 Å². The molecule has 29 heavy (non-hydrogen) atoms. The minimum Gasteiger partial charge on any atom is -0.378 e. The Morgan fingerprint density at radius 3 is 1.69 bits per heavy atom. The van der Waals surface area contributed by atoms with Gasteiger partial charge in [-0.15, -0.1) is 0 Å². The Balaban J connectivity index is 0.000000204. The number of ether oxygens (including phenoxy) is 2. The van der Waals surface area contributed by atoms with E-state index in [-0.39, 0.29) is 16.5 Å². The second-order valence-electron chi connectivity index (χ2n) is 5.94. The van der Waals surface area contributed by atoms with Crippen molar-refractivity contribution < 1.29 is 9.47 Å². The molecule has 2 aliphatic rings. The van der Waals surface area contributed by atoms with Crippen molar-refractivity contribution in [3.63, 3.8) is 0 Å². The highest BCUT2D eigenvalue weighted by Gasteiger charge is 2.19. The van der Waals surface area contributed by atoms with Crippen LogP contribution in [0.3, 0.4) is 0 Å². The first kappa shape index (κ1) is 21.4. The fourth-order valence-electron chi connectivity index (χ4n) is 2.62. The molecule has 0 bridgehead atoms. The number of halogens is 2. The Morgan fingerprint density at radius 1 is 0.759 bits per heavy atom. The number of hydrogen-bond acceptors (Lipinski definition) is 12. The highest BCUT2D eigenvalue weighted by atomic mass is 35.5. The first-order valence-electron chi connectivity index (χ1n) is 8.97. The number of hydrogen-bond donors (Lipinski definition) is 2. The van der Waals surface area contributed by atoms with E-state index in [1.165, 1.54) is 0 Å². The maximum absolute atomic E-state index is 6.01. The van der Waals surface area contributed by atoms with Crippen molar-refractivity contribution in [3.8, 4) is 0 Å². The highest BCUT2D eigenvalue weighted by Crippen LogP contribution is 2.18. The number of nitrogens with one attached hydrogen (secondary N) is 1. The summed E-state index contributed by atoms with van der Waals surface area (Å²) in [6, 6.07) is 0. The molecule has 12 nitrogen and oxygen atoms in total. The van der Waals surface area contributed by atoms with Crippen LogP contribution >= 0.6 is 23.2 Å². The lowest BCUT2D eigenvalue weighted by Crippen LogP contribution is -2.40. The molecule has 0 spiro atoms. The summed E-state index contributed by atoms with van der Waals surface area (Å²) in [5.41, 5.74) is 5.25. The van der Waals surface area contributed by atoms with E-state index in [9.17, 15) is 0 Å². The molecule has 0 amide bonds. The quantitative estimate of drug-likeness (QED) is 0.673. The molecule has 2 aromatic heterocycles. The first-order chi connectivity index (χ1) is 14.0. The van der Waals surface area contributed by atoms with Crippen LogP contribution in [0.15, 0.2) is 0 Å². The molecule has 0 saturated carbocycles. The third-order valence-electron chi connectivity index (χ3n) is 4.02. The summed E-state index contributed by atoms with van der Waals surface area (Å²) in [6.45, 7) is 5.89. The molecule has 2 saturated heterocycles. The number of anilines is 4. The zero-order chi connectivity index (χ0) is 20.6. The number of nitrogens with two attached hydrogens (primary N) is 1. The van der Waals surface area contributed by atoms with Crippen molar-refractivity contribution in [3.05, 3.63) is 10.6 Å². The molecule has 0 atom stereocenters. The molecule has 0 radical (unpaired) electrons. The standard InChI is InChI=1S/C11H16ClN5O2.C4H6ClN5/c12-9-13-10(16-1-5-18-6-2-16)15-11(14-9)17-3-7-19-8-4-17;1-7-4-9-2(5)8-3(6)10-4/h1-8H2;1H3,(H3,6,7,8,9,10). The molecule has 3 N–H and O–H groups in total. The molecule has 2 aromatic rings. The van der Waals surface area contributed by atoms with Crippen molar-refractivity contribution in [2.45, 2.75) is 0 Å². The Hall–Kier alpha value is -2.28. The second-order valence-corrected chi connectivity index (χ2v) is 6.62. The largest absolute Gasteiger partial charge is 0.378 e. The van der Waals surface area contributed by atoms with Crippen molar-refractivity contribution in [1.29, 1.82) is 0 Å². The molecule has 0 aromatic carbocycles. The molecule has 4 rings (SSSR count). The lowest BCUT2D eigenvalue weighted by Gasteiger charge is -2.29. The monoisotopic (exact) mass is 444 g/mol. The van der Waals surface area contributed by atoms with Crippen molar-refractivity contribution >= 4 is 47.0 Å². The topological polar surface area (TPSA) is 140 Å². The number of rotatable bonds is 3. The molecule has 2 fully saturated rings. The predicted octanol–water partition coefficient (Wildman–Crippen LogP) is 0.347. The van der Waals surface area contributed by atoms with Crippen LogP contribution in [-0.2, 0) is 9.47 Å². The summed E-state index contributed by atoms with van der Waals surface area (Å²) >= 11 is 11.5. The van der Waals surface area contributed by atoms with Crippen LogP contribution in [0.5, 0.6) is 0 Å². The molecule has 0 unspecified atom stereocenters. The van der Waals surface area contributed by atoms with Crippen molar-refractivity contribution in [2.75, 3.05) is 80.5 Å². The minimum absolute atomic E-state index is 0.0943. The molecule has 0 aliphatic carbocycles. The van der Waals surface area contributed by atoms with Crippen LogP contribution < -0.4 is 20.9 Å².